The summed E-state index contributed by atoms with van der Waals surface area (Å²) in [7, 11) is 0. The van der Waals surface area contributed by atoms with Crippen LogP contribution in [0.15, 0.2) is 36.5 Å². The molecular formula is C12H15N3O. The van der Waals surface area contributed by atoms with Crippen molar-refractivity contribution >= 4 is 0 Å². The van der Waals surface area contributed by atoms with Crippen LogP contribution in [0.4, 0.5) is 0 Å². The van der Waals surface area contributed by atoms with Crippen LogP contribution in [0.3, 0.4) is 0 Å². The van der Waals surface area contributed by atoms with E-state index in [4.69, 9.17) is 5.11 Å². The molecule has 16 heavy (non-hydrogen) atoms. The van der Waals surface area contributed by atoms with Crippen LogP contribution in [0.2, 0.25) is 0 Å². The fourth-order valence-electron chi connectivity index (χ4n) is 1.54. The van der Waals surface area contributed by atoms with Crippen molar-refractivity contribution < 1.29 is 5.11 Å². The minimum Gasteiger partial charge on any atom is -0.396 e. The maximum absolute atomic E-state index is 8.69. The highest BCUT2D eigenvalue weighted by molar-refractivity contribution is 5.29. The Morgan fingerprint density at radius 1 is 1.12 bits per heavy atom. The van der Waals surface area contributed by atoms with Gasteiger partial charge in [-0.2, -0.15) is 0 Å². The van der Waals surface area contributed by atoms with Gasteiger partial charge in [0.05, 0.1) is 17.6 Å². The molecule has 0 saturated carbocycles. The van der Waals surface area contributed by atoms with Crippen LogP contribution in [-0.2, 0) is 6.42 Å². The average molecular weight is 217 g/mol. The second-order valence-electron chi connectivity index (χ2n) is 3.67. The largest absolute Gasteiger partial charge is 0.396 e. The van der Waals surface area contributed by atoms with Crippen molar-refractivity contribution in [2.24, 2.45) is 0 Å². The minimum absolute atomic E-state index is 0.243. The number of hydrogen-bond acceptors (Lipinski definition) is 3. The Hall–Kier alpha value is -1.68. The Balaban J connectivity index is 2.02. The molecule has 1 aromatic carbocycles. The average Bonchev–Trinajstić information content (AvgIpc) is 2.79. The lowest BCUT2D eigenvalue weighted by molar-refractivity contribution is 0.284. The molecule has 1 aromatic heterocycles. The smallest absolute Gasteiger partial charge is 0.0831 e. The second kappa shape index (κ2) is 5.42. The van der Waals surface area contributed by atoms with E-state index in [0.717, 1.165) is 30.6 Å². The molecule has 4 nitrogen and oxygen atoms in total. The number of para-hydroxylation sites is 1. The topological polar surface area (TPSA) is 50.9 Å². The van der Waals surface area contributed by atoms with Crippen molar-refractivity contribution in [3.05, 3.63) is 42.2 Å². The summed E-state index contributed by atoms with van der Waals surface area (Å²) < 4.78 is 1.77. The number of hydrogen-bond donors (Lipinski definition) is 1. The molecule has 2 rings (SSSR count). The molecular weight excluding hydrogens is 202 g/mol. The van der Waals surface area contributed by atoms with Crippen LogP contribution in [0, 0.1) is 0 Å². The zero-order valence-electron chi connectivity index (χ0n) is 9.08. The first kappa shape index (κ1) is 10.8. The van der Waals surface area contributed by atoms with Gasteiger partial charge in [-0.25, -0.2) is 4.68 Å². The number of aryl methyl sites for hydroxylation is 1. The van der Waals surface area contributed by atoms with E-state index in [1.54, 1.807) is 4.68 Å². The lowest BCUT2D eigenvalue weighted by Crippen LogP contribution is -1.93. The van der Waals surface area contributed by atoms with E-state index in [9.17, 15) is 0 Å². The Kier molecular flexibility index (Phi) is 3.66. The molecule has 4 heteroatoms. The van der Waals surface area contributed by atoms with Gasteiger partial charge in [0.25, 0.3) is 0 Å². The van der Waals surface area contributed by atoms with Crippen molar-refractivity contribution in [1.82, 2.24) is 15.0 Å². The lowest BCUT2D eigenvalue weighted by Gasteiger charge is -1.97. The molecule has 0 atom stereocenters. The number of benzene rings is 1. The monoisotopic (exact) mass is 217 g/mol. The van der Waals surface area contributed by atoms with Gasteiger partial charge in [-0.15, -0.1) is 5.10 Å². The first-order chi connectivity index (χ1) is 7.90. The number of unbranched alkanes of at least 4 members (excludes halogenated alkanes) is 1. The van der Waals surface area contributed by atoms with Gasteiger partial charge >= 0.3 is 0 Å². The molecule has 2 aromatic rings. The van der Waals surface area contributed by atoms with Gasteiger partial charge in [-0.1, -0.05) is 23.4 Å². The molecule has 1 heterocycles. The molecule has 0 bridgehead atoms. The number of rotatable bonds is 5. The van der Waals surface area contributed by atoms with E-state index < -0.39 is 0 Å². The SMILES string of the molecule is OCCCCc1cn(-c2ccccc2)nn1. The highest BCUT2D eigenvalue weighted by Crippen LogP contribution is 2.07. The molecule has 0 radical (unpaired) electrons. The Bertz CT molecular complexity index is 425. The third-order valence-electron chi connectivity index (χ3n) is 2.40. The molecule has 0 aliphatic rings. The summed E-state index contributed by atoms with van der Waals surface area (Å²) in [6.07, 6.45) is 4.57. The van der Waals surface area contributed by atoms with Gasteiger partial charge in [0, 0.05) is 6.61 Å². The van der Waals surface area contributed by atoms with E-state index >= 15 is 0 Å². The summed E-state index contributed by atoms with van der Waals surface area (Å²) in [6, 6.07) is 9.91. The third-order valence-corrected chi connectivity index (χ3v) is 2.40. The molecule has 0 fully saturated rings. The summed E-state index contributed by atoms with van der Waals surface area (Å²) >= 11 is 0. The first-order valence-electron chi connectivity index (χ1n) is 5.47. The van der Waals surface area contributed by atoms with Crippen LogP contribution < -0.4 is 0 Å². The highest BCUT2D eigenvalue weighted by atomic mass is 16.2. The van der Waals surface area contributed by atoms with Crippen LogP contribution in [0.25, 0.3) is 5.69 Å². The number of aliphatic hydroxyl groups is 1. The summed E-state index contributed by atoms with van der Waals surface area (Å²) in [5.41, 5.74) is 1.99. The number of aromatic nitrogens is 3. The van der Waals surface area contributed by atoms with Crippen LogP contribution in [-0.4, -0.2) is 26.7 Å². The standard InChI is InChI=1S/C12H15N3O/c16-9-5-4-6-11-10-15(14-13-11)12-7-2-1-3-8-12/h1-3,7-8,10,16H,4-6,9H2. The molecule has 1 N–H and O–H groups in total. The third kappa shape index (κ3) is 2.67. The van der Waals surface area contributed by atoms with E-state index in [-0.39, 0.29) is 6.61 Å². The Morgan fingerprint density at radius 3 is 2.69 bits per heavy atom. The van der Waals surface area contributed by atoms with Crippen molar-refractivity contribution in [3.63, 3.8) is 0 Å². The van der Waals surface area contributed by atoms with Gasteiger partial charge in [-0.3, -0.25) is 0 Å². The fourth-order valence-corrected chi connectivity index (χ4v) is 1.54. The molecule has 84 valence electrons. The zero-order chi connectivity index (χ0) is 11.2. The van der Waals surface area contributed by atoms with Crippen molar-refractivity contribution in [2.45, 2.75) is 19.3 Å². The van der Waals surface area contributed by atoms with Gasteiger partial charge in [0.1, 0.15) is 0 Å². The fraction of sp³-hybridized carbons (Fsp3) is 0.333. The molecule has 0 spiro atoms. The number of aliphatic hydroxyl groups excluding tert-OH is 1. The summed E-state index contributed by atoms with van der Waals surface area (Å²) in [5, 5.41) is 16.9. The number of nitrogens with zero attached hydrogens (tertiary/aromatic N) is 3. The van der Waals surface area contributed by atoms with Crippen LogP contribution >= 0.6 is 0 Å². The maximum Gasteiger partial charge on any atom is 0.0831 e. The van der Waals surface area contributed by atoms with E-state index in [2.05, 4.69) is 10.3 Å². The Morgan fingerprint density at radius 2 is 1.94 bits per heavy atom. The van der Waals surface area contributed by atoms with Crippen molar-refractivity contribution in [3.8, 4) is 5.69 Å². The molecule has 0 aliphatic heterocycles. The second-order valence-corrected chi connectivity index (χ2v) is 3.67. The maximum atomic E-state index is 8.69. The molecule has 0 amide bonds. The molecule has 0 unspecified atom stereocenters. The van der Waals surface area contributed by atoms with Crippen molar-refractivity contribution in [2.75, 3.05) is 6.61 Å². The predicted octanol–water partition coefficient (Wildman–Crippen LogP) is 1.58. The van der Waals surface area contributed by atoms with Gasteiger partial charge in [0.15, 0.2) is 0 Å². The van der Waals surface area contributed by atoms with E-state index in [1.165, 1.54) is 0 Å². The first-order valence-corrected chi connectivity index (χ1v) is 5.47. The highest BCUT2D eigenvalue weighted by Gasteiger charge is 2.01. The summed E-state index contributed by atoms with van der Waals surface area (Å²) in [5.74, 6) is 0. The predicted molar refractivity (Wildman–Crippen MR) is 61.4 cm³/mol. The van der Waals surface area contributed by atoms with Gasteiger partial charge in [-0.05, 0) is 31.4 Å². The van der Waals surface area contributed by atoms with Crippen LogP contribution in [0.5, 0.6) is 0 Å². The van der Waals surface area contributed by atoms with E-state index in [1.807, 2.05) is 36.5 Å². The molecule has 0 saturated heterocycles. The van der Waals surface area contributed by atoms with Gasteiger partial charge < -0.3 is 5.11 Å². The Labute approximate surface area is 94.5 Å². The van der Waals surface area contributed by atoms with Crippen molar-refractivity contribution in [1.29, 1.82) is 0 Å². The summed E-state index contributed by atoms with van der Waals surface area (Å²) in [4.78, 5) is 0. The normalized spacial score (nSPS) is 10.6. The minimum atomic E-state index is 0.243. The van der Waals surface area contributed by atoms with Crippen LogP contribution in [0.1, 0.15) is 18.5 Å². The van der Waals surface area contributed by atoms with E-state index in [0.29, 0.717) is 0 Å². The molecule has 0 aliphatic carbocycles. The quantitative estimate of drug-likeness (QED) is 0.774. The van der Waals surface area contributed by atoms with Gasteiger partial charge in [0.2, 0.25) is 0 Å². The zero-order valence-corrected chi connectivity index (χ0v) is 9.08. The lowest BCUT2D eigenvalue weighted by atomic mass is 10.2. The summed E-state index contributed by atoms with van der Waals surface area (Å²) in [6.45, 7) is 0.243.